The number of sulfonamides is 1. The van der Waals surface area contributed by atoms with Crippen LogP contribution in [0.4, 0.5) is 5.69 Å². The highest BCUT2D eigenvalue weighted by atomic mass is 32.2. The van der Waals surface area contributed by atoms with Crippen molar-refractivity contribution in [2.75, 3.05) is 26.1 Å². The fraction of sp³-hybridized carbons (Fsp3) is 0.250. The average molecular weight is 337 g/mol. The lowest BCUT2D eigenvalue weighted by Crippen LogP contribution is -2.14. The lowest BCUT2D eigenvalue weighted by Gasteiger charge is -2.15. The van der Waals surface area contributed by atoms with E-state index in [1.807, 2.05) is 6.92 Å². The molecule has 0 fully saturated rings. The molecule has 1 N–H and O–H groups in total. The van der Waals surface area contributed by atoms with E-state index < -0.39 is 10.0 Å². The van der Waals surface area contributed by atoms with Gasteiger partial charge in [0.25, 0.3) is 10.0 Å². The van der Waals surface area contributed by atoms with Gasteiger partial charge in [0.1, 0.15) is 17.2 Å². The van der Waals surface area contributed by atoms with Gasteiger partial charge in [-0.05, 0) is 42.8 Å². The summed E-state index contributed by atoms with van der Waals surface area (Å²) in [7, 11) is 0.772. The number of aryl methyl sites for hydroxylation is 1. The molecular weight excluding hydrogens is 318 g/mol. The van der Waals surface area contributed by atoms with Crippen LogP contribution in [0.5, 0.6) is 17.2 Å². The summed E-state index contributed by atoms with van der Waals surface area (Å²) in [6.45, 7) is 1.85. The van der Waals surface area contributed by atoms with Gasteiger partial charge in [0.05, 0.1) is 31.9 Å². The Balaban J connectivity index is 2.39. The minimum atomic E-state index is -3.75. The Bertz CT molecular complexity index is 785. The summed E-state index contributed by atoms with van der Waals surface area (Å²) in [5, 5.41) is 0. The first-order valence-corrected chi connectivity index (χ1v) is 8.29. The van der Waals surface area contributed by atoms with Crippen LogP contribution >= 0.6 is 0 Å². The van der Waals surface area contributed by atoms with Crippen molar-refractivity contribution in [2.45, 2.75) is 11.8 Å². The standard InChI is InChI=1S/C16H19NO5S/c1-11-9-16(22-4)14(10-15(11)21-3)17-23(18,19)13-7-5-12(20-2)6-8-13/h5-10,17H,1-4H3. The van der Waals surface area contributed by atoms with Gasteiger partial charge in [-0.1, -0.05) is 0 Å². The fourth-order valence-corrected chi connectivity index (χ4v) is 3.15. The van der Waals surface area contributed by atoms with Gasteiger partial charge in [-0.25, -0.2) is 8.42 Å². The maximum atomic E-state index is 12.5. The molecule has 0 aliphatic heterocycles. The van der Waals surface area contributed by atoms with E-state index in [1.165, 1.54) is 33.5 Å². The van der Waals surface area contributed by atoms with Gasteiger partial charge >= 0.3 is 0 Å². The van der Waals surface area contributed by atoms with Gasteiger partial charge in [0, 0.05) is 6.07 Å². The molecule has 0 bridgehead atoms. The summed E-state index contributed by atoms with van der Waals surface area (Å²) < 4.78 is 43.0. The van der Waals surface area contributed by atoms with E-state index in [9.17, 15) is 8.42 Å². The topological polar surface area (TPSA) is 73.9 Å². The van der Waals surface area contributed by atoms with E-state index in [0.29, 0.717) is 22.9 Å². The van der Waals surface area contributed by atoms with E-state index in [4.69, 9.17) is 14.2 Å². The second-order valence-electron chi connectivity index (χ2n) is 4.80. The molecule has 0 aliphatic carbocycles. The van der Waals surface area contributed by atoms with Crippen LogP contribution in [0.3, 0.4) is 0 Å². The first-order chi connectivity index (χ1) is 10.9. The average Bonchev–Trinajstić information content (AvgIpc) is 2.55. The van der Waals surface area contributed by atoms with Crippen molar-refractivity contribution in [1.29, 1.82) is 0 Å². The van der Waals surface area contributed by atoms with E-state index in [0.717, 1.165) is 5.56 Å². The molecule has 0 saturated heterocycles. The molecule has 0 atom stereocenters. The lowest BCUT2D eigenvalue weighted by atomic mass is 10.2. The SMILES string of the molecule is COc1ccc(S(=O)(=O)Nc2cc(OC)c(C)cc2OC)cc1. The predicted octanol–water partition coefficient (Wildman–Crippen LogP) is 2.82. The number of rotatable bonds is 6. The number of hydrogen-bond donors (Lipinski definition) is 1. The minimum Gasteiger partial charge on any atom is -0.497 e. The van der Waals surface area contributed by atoms with Crippen LogP contribution in [0.25, 0.3) is 0 Å². The van der Waals surface area contributed by atoms with Crippen LogP contribution in [0.15, 0.2) is 41.3 Å². The van der Waals surface area contributed by atoms with Crippen molar-refractivity contribution in [3.63, 3.8) is 0 Å². The summed E-state index contributed by atoms with van der Waals surface area (Å²) in [6, 6.07) is 9.42. The number of ether oxygens (including phenoxy) is 3. The summed E-state index contributed by atoms with van der Waals surface area (Å²) in [5.74, 6) is 1.57. The molecular formula is C16H19NO5S. The Kier molecular flexibility index (Phi) is 5.00. The maximum absolute atomic E-state index is 12.5. The van der Waals surface area contributed by atoms with Crippen LogP contribution in [-0.4, -0.2) is 29.7 Å². The second kappa shape index (κ2) is 6.78. The highest BCUT2D eigenvalue weighted by molar-refractivity contribution is 7.92. The third kappa shape index (κ3) is 3.68. The number of nitrogens with one attached hydrogen (secondary N) is 1. The highest BCUT2D eigenvalue weighted by Crippen LogP contribution is 2.34. The van der Waals surface area contributed by atoms with Crippen molar-refractivity contribution in [3.05, 3.63) is 42.0 Å². The summed E-state index contributed by atoms with van der Waals surface area (Å²) in [6.07, 6.45) is 0. The zero-order chi connectivity index (χ0) is 17.0. The molecule has 7 heteroatoms. The zero-order valence-corrected chi connectivity index (χ0v) is 14.2. The van der Waals surface area contributed by atoms with Crippen molar-refractivity contribution in [2.24, 2.45) is 0 Å². The van der Waals surface area contributed by atoms with Crippen LogP contribution in [0.1, 0.15) is 5.56 Å². The Morgan fingerprint density at radius 2 is 1.48 bits per heavy atom. The first-order valence-electron chi connectivity index (χ1n) is 6.80. The van der Waals surface area contributed by atoms with Crippen LogP contribution < -0.4 is 18.9 Å². The molecule has 0 saturated carbocycles. The Hall–Kier alpha value is -2.41. The third-order valence-electron chi connectivity index (χ3n) is 3.33. The molecule has 0 aromatic heterocycles. The molecule has 124 valence electrons. The van der Waals surface area contributed by atoms with E-state index >= 15 is 0 Å². The van der Waals surface area contributed by atoms with E-state index in [-0.39, 0.29) is 4.90 Å². The van der Waals surface area contributed by atoms with Gasteiger partial charge in [-0.3, -0.25) is 4.72 Å². The lowest BCUT2D eigenvalue weighted by molar-refractivity contribution is 0.402. The Morgan fingerprint density at radius 1 is 0.870 bits per heavy atom. The molecule has 2 rings (SSSR count). The zero-order valence-electron chi connectivity index (χ0n) is 13.4. The number of anilines is 1. The van der Waals surface area contributed by atoms with Gasteiger partial charge in [-0.15, -0.1) is 0 Å². The van der Waals surface area contributed by atoms with Crippen LogP contribution in [-0.2, 0) is 10.0 Å². The highest BCUT2D eigenvalue weighted by Gasteiger charge is 2.18. The van der Waals surface area contributed by atoms with Gasteiger partial charge < -0.3 is 14.2 Å². The largest absolute Gasteiger partial charge is 0.497 e. The smallest absolute Gasteiger partial charge is 0.262 e. The molecule has 2 aromatic carbocycles. The first kappa shape index (κ1) is 17.0. The van der Waals surface area contributed by atoms with Crippen molar-refractivity contribution >= 4 is 15.7 Å². The second-order valence-corrected chi connectivity index (χ2v) is 6.49. The van der Waals surface area contributed by atoms with Crippen molar-refractivity contribution in [1.82, 2.24) is 0 Å². The number of hydrogen-bond acceptors (Lipinski definition) is 5. The molecule has 6 nitrogen and oxygen atoms in total. The maximum Gasteiger partial charge on any atom is 0.262 e. The summed E-state index contributed by atoms with van der Waals surface area (Å²) in [4.78, 5) is 0.125. The molecule has 0 radical (unpaired) electrons. The normalized spacial score (nSPS) is 11.0. The van der Waals surface area contributed by atoms with Crippen molar-refractivity contribution < 1.29 is 22.6 Å². The molecule has 0 aliphatic rings. The fourth-order valence-electron chi connectivity index (χ4n) is 2.09. The Labute approximate surface area is 136 Å². The van der Waals surface area contributed by atoms with Gasteiger partial charge in [0.15, 0.2) is 0 Å². The molecule has 2 aromatic rings. The molecule has 0 amide bonds. The predicted molar refractivity (Wildman–Crippen MR) is 88.1 cm³/mol. The van der Waals surface area contributed by atoms with E-state index in [2.05, 4.69) is 4.72 Å². The van der Waals surface area contributed by atoms with Crippen LogP contribution in [0, 0.1) is 6.92 Å². The van der Waals surface area contributed by atoms with E-state index in [1.54, 1.807) is 24.3 Å². The van der Waals surface area contributed by atoms with Crippen molar-refractivity contribution in [3.8, 4) is 17.2 Å². The van der Waals surface area contributed by atoms with Gasteiger partial charge in [-0.2, -0.15) is 0 Å². The summed E-state index contributed by atoms with van der Waals surface area (Å²) in [5.41, 5.74) is 1.16. The van der Waals surface area contributed by atoms with Gasteiger partial charge in [0.2, 0.25) is 0 Å². The molecule has 0 unspecified atom stereocenters. The molecule has 0 heterocycles. The third-order valence-corrected chi connectivity index (χ3v) is 4.71. The Morgan fingerprint density at radius 3 is 2.00 bits per heavy atom. The molecule has 23 heavy (non-hydrogen) atoms. The summed E-state index contributed by atoms with van der Waals surface area (Å²) >= 11 is 0. The molecule has 0 spiro atoms. The quantitative estimate of drug-likeness (QED) is 0.877. The number of benzene rings is 2. The number of methoxy groups -OCH3 is 3. The minimum absolute atomic E-state index is 0.125. The van der Waals surface area contributed by atoms with Crippen LogP contribution in [0.2, 0.25) is 0 Å². The monoisotopic (exact) mass is 337 g/mol.